The third-order valence-electron chi connectivity index (χ3n) is 1.71. The van der Waals surface area contributed by atoms with Gasteiger partial charge < -0.3 is 10.1 Å². The molecule has 0 amide bonds. The molecule has 0 aliphatic heterocycles. The van der Waals surface area contributed by atoms with Gasteiger partial charge in [0, 0.05) is 15.0 Å². The van der Waals surface area contributed by atoms with E-state index in [1.165, 1.54) is 12.1 Å². The molecule has 2 rings (SSSR count). The SMILES string of the molecule is O=c1ccc2ccc(O)cc2[nH]1.[HH].[HH]. The normalized spacial score (nSPS) is 10.3. The number of H-pyrrole nitrogens is 1. The number of phenols is 1. The molecular weight excluding hydrogens is 154 g/mol. The van der Waals surface area contributed by atoms with Gasteiger partial charge >= 0.3 is 0 Å². The number of aromatic amines is 1. The van der Waals surface area contributed by atoms with Gasteiger partial charge in [-0.15, -0.1) is 0 Å². The van der Waals surface area contributed by atoms with Crippen LogP contribution in [0.2, 0.25) is 0 Å². The molecule has 0 spiro atoms. The molecule has 3 nitrogen and oxygen atoms in total. The number of nitrogens with one attached hydrogen (secondary N) is 1. The molecule has 1 aromatic carbocycles. The van der Waals surface area contributed by atoms with Crippen LogP contribution < -0.4 is 5.56 Å². The third-order valence-corrected chi connectivity index (χ3v) is 1.71. The molecule has 0 aliphatic carbocycles. The zero-order chi connectivity index (χ0) is 8.55. The maximum absolute atomic E-state index is 10.9. The van der Waals surface area contributed by atoms with Crippen LogP contribution >= 0.6 is 0 Å². The summed E-state index contributed by atoms with van der Waals surface area (Å²) in [4.78, 5) is 13.5. The number of pyridine rings is 1. The largest absolute Gasteiger partial charge is 0.508 e. The average Bonchev–Trinajstić information content (AvgIpc) is 2.03. The highest BCUT2D eigenvalue weighted by atomic mass is 16.3. The van der Waals surface area contributed by atoms with Gasteiger partial charge in [-0.1, -0.05) is 0 Å². The van der Waals surface area contributed by atoms with Gasteiger partial charge in [-0.25, -0.2) is 0 Å². The van der Waals surface area contributed by atoms with E-state index in [4.69, 9.17) is 5.11 Å². The zero-order valence-electron chi connectivity index (χ0n) is 6.24. The Morgan fingerprint density at radius 2 is 2.00 bits per heavy atom. The van der Waals surface area contributed by atoms with E-state index in [1.807, 2.05) is 0 Å². The van der Waals surface area contributed by atoms with Gasteiger partial charge in [0.2, 0.25) is 5.56 Å². The lowest BCUT2D eigenvalue weighted by molar-refractivity contribution is 0.476. The number of aromatic nitrogens is 1. The van der Waals surface area contributed by atoms with Crippen molar-refractivity contribution in [3.05, 3.63) is 40.7 Å². The van der Waals surface area contributed by atoms with Gasteiger partial charge in [0.05, 0.1) is 5.52 Å². The summed E-state index contributed by atoms with van der Waals surface area (Å²) in [6, 6.07) is 8.03. The standard InChI is InChI=1S/C9H7NO2.2H2/c11-7-3-1-6-2-4-9(12)10-8(6)5-7;;/h1-5,11H,(H,10,12);2*1H. The Labute approximate surface area is 71.3 Å². The molecule has 2 aromatic rings. The van der Waals surface area contributed by atoms with Crippen molar-refractivity contribution in [1.29, 1.82) is 0 Å². The van der Waals surface area contributed by atoms with Crippen LogP contribution in [0.3, 0.4) is 0 Å². The Balaban J connectivity index is 0.000000845. The van der Waals surface area contributed by atoms with Crippen molar-refractivity contribution in [2.75, 3.05) is 0 Å². The van der Waals surface area contributed by atoms with E-state index in [0.29, 0.717) is 5.52 Å². The molecular formula is C9H11NO2. The van der Waals surface area contributed by atoms with E-state index >= 15 is 0 Å². The minimum absolute atomic E-state index is 0. The molecule has 0 saturated carbocycles. The third kappa shape index (κ3) is 1.05. The number of fused-ring (bicyclic) bond motifs is 1. The van der Waals surface area contributed by atoms with Gasteiger partial charge in [0.1, 0.15) is 5.75 Å². The summed E-state index contributed by atoms with van der Waals surface area (Å²) in [5.74, 6) is 0.157. The van der Waals surface area contributed by atoms with Crippen LogP contribution in [0.1, 0.15) is 2.85 Å². The zero-order valence-corrected chi connectivity index (χ0v) is 6.24. The second-order valence-corrected chi connectivity index (χ2v) is 2.59. The van der Waals surface area contributed by atoms with Crippen LogP contribution in [-0.2, 0) is 0 Å². The molecule has 64 valence electrons. The van der Waals surface area contributed by atoms with Gasteiger partial charge in [0.15, 0.2) is 0 Å². The first-order chi connectivity index (χ1) is 5.75. The van der Waals surface area contributed by atoms with Gasteiger partial charge in [-0.05, 0) is 23.6 Å². The van der Waals surface area contributed by atoms with E-state index in [9.17, 15) is 4.79 Å². The molecule has 0 radical (unpaired) electrons. The minimum Gasteiger partial charge on any atom is -0.508 e. The molecule has 2 N–H and O–H groups in total. The van der Waals surface area contributed by atoms with Crippen LogP contribution in [0.25, 0.3) is 10.9 Å². The lowest BCUT2D eigenvalue weighted by Gasteiger charge is -1.96. The first-order valence-electron chi connectivity index (χ1n) is 3.58. The Hall–Kier alpha value is -1.77. The highest BCUT2D eigenvalue weighted by molar-refractivity contribution is 5.79. The maximum Gasteiger partial charge on any atom is 0.248 e. The summed E-state index contributed by atoms with van der Waals surface area (Å²) in [6.07, 6.45) is 0. The van der Waals surface area contributed by atoms with E-state index in [0.717, 1.165) is 5.39 Å². The lowest BCUT2D eigenvalue weighted by Crippen LogP contribution is -2.01. The molecule has 0 fully saturated rings. The van der Waals surface area contributed by atoms with Crippen LogP contribution in [-0.4, -0.2) is 10.1 Å². The number of phenolic OH excluding ortho intramolecular Hbond substituents is 1. The number of benzene rings is 1. The maximum atomic E-state index is 10.9. The van der Waals surface area contributed by atoms with Crippen molar-refractivity contribution in [2.24, 2.45) is 0 Å². The van der Waals surface area contributed by atoms with Crippen molar-refractivity contribution < 1.29 is 7.96 Å². The van der Waals surface area contributed by atoms with Gasteiger partial charge in [-0.2, -0.15) is 0 Å². The molecule has 0 saturated heterocycles. The smallest absolute Gasteiger partial charge is 0.248 e. The number of rotatable bonds is 0. The van der Waals surface area contributed by atoms with E-state index < -0.39 is 0 Å². The van der Waals surface area contributed by atoms with E-state index in [1.54, 1.807) is 18.2 Å². The molecule has 0 bridgehead atoms. The molecule has 0 aliphatic rings. The monoisotopic (exact) mass is 165 g/mol. The predicted octanol–water partition coefficient (Wildman–Crippen LogP) is 1.73. The van der Waals surface area contributed by atoms with Crippen molar-refractivity contribution >= 4 is 10.9 Å². The molecule has 12 heavy (non-hydrogen) atoms. The van der Waals surface area contributed by atoms with Crippen LogP contribution in [0.5, 0.6) is 5.75 Å². The number of aromatic hydroxyl groups is 1. The van der Waals surface area contributed by atoms with Crippen LogP contribution in [0.15, 0.2) is 35.1 Å². The first-order valence-corrected chi connectivity index (χ1v) is 3.58. The Bertz CT molecular complexity index is 481. The summed E-state index contributed by atoms with van der Waals surface area (Å²) in [5, 5.41) is 10.0. The van der Waals surface area contributed by atoms with E-state index in [-0.39, 0.29) is 14.2 Å². The summed E-state index contributed by atoms with van der Waals surface area (Å²) in [6.45, 7) is 0. The minimum atomic E-state index is -0.159. The molecule has 1 heterocycles. The summed E-state index contributed by atoms with van der Waals surface area (Å²) < 4.78 is 0. The second kappa shape index (κ2) is 2.37. The fourth-order valence-corrected chi connectivity index (χ4v) is 1.14. The van der Waals surface area contributed by atoms with Gasteiger partial charge in [-0.3, -0.25) is 4.79 Å². The number of hydrogen-bond acceptors (Lipinski definition) is 2. The summed E-state index contributed by atoms with van der Waals surface area (Å²) >= 11 is 0. The predicted molar refractivity (Wildman–Crippen MR) is 50.5 cm³/mol. The topological polar surface area (TPSA) is 53.1 Å². The van der Waals surface area contributed by atoms with Gasteiger partial charge in [0.25, 0.3) is 0 Å². The molecule has 3 heteroatoms. The first kappa shape index (κ1) is 6.91. The van der Waals surface area contributed by atoms with Crippen molar-refractivity contribution in [1.82, 2.24) is 4.98 Å². The summed E-state index contributed by atoms with van der Waals surface area (Å²) in [5.41, 5.74) is 0.496. The second-order valence-electron chi connectivity index (χ2n) is 2.59. The van der Waals surface area contributed by atoms with Crippen molar-refractivity contribution in [3.8, 4) is 5.75 Å². The Morgan fingerprint density at radius 1 is 1.25 bits per heavy atom. The fraction of sp³-hybridized carbons (Fsp3) is 0. The average molecular weight is 165 g/mol. The number of hydrogen-bond donors (Lipinski definition) is 2. The molecule has 0 unspecified atom stereocenters. The molecule has 0 atom stereocenters. The lowest BCUT2D eigenvalue weighted by atomic mass is 10.2. The fourth-order valence-electron chi connectivity index (χ4n) is 1.14. The van der Waals surface area contributed by atoms with Crippen molar-refractivity contribution in [3.63, 3.8) is 0 Å². The summed E-state index contributed by atoms with van der Waals surface area (Å²) in [7, 11) is 0. The Morgan fingerprint density at radius 3 is 2.83 bits per heavy atom. The highest BCUT2D eigenvalue weighted by Gasteiger charge is 1.94. The van der Waals surface area contributed by atoms with Crippen molar-refractivity contribution in [2.45, 2.75) is 0 Å². The van der Waals surface area contributed by atoms with E-state index in [2.05, 4.69) is 4.98 Å². The van der Waals surface area contributed by atoms with Crippen LogP contribution in [0, 0.1) is 0 Å². The van der Waals surface area contributed by atoms with Crippen LogP contribution in [0.4, 0.5) is 0 Å². The Kier molecular flexibility index (Phi) is 1.37. The molecule has 1 aromatic heterocycles. The quantitative estimate of drug-likeness (QED) is 0.624. The highest BCUT2D eigenvalue weighted by Crippen LogP contribution is 2.15.